The molecule has 2 aromatic carbocycles. The van der Waals surface area contributed by atoms with Crippen LogP contribution in [0.5, 0.6) is 0 Å². The van der Waals surface area contributed by atoms with E-state index in [-0.39, 0.29) is 26.1 Å². The number of benzene rings is 2. The smallest absolute Gasteiger partial charge is 0.195 e. The Labute approximate surface area is 179 Å². The van der Waals surface area contributed by atoms with Gasteiger partial charge in [0.15, 0.2) is 5.78 Å². The van der Waals surface area contributed by atoms with Gasteiger partial charge in [0.05, 0.1) is 0 Å². The zero-order valence-corrected chi connectivity index (χ0v) is 18.0. The summed E-state index contributed by atoms with van der Waals surface area (Å²) in [7, 11) is 0. The van der Waals surface area contributed by atoms with Crippen molar-refractivity contribution in [2.75, 3.05) is 13.2 Å². The number of carbonyl (C=O) groups excluding carboxylic acids is 1. The van der Waals surface area contributed by atoms with Crippen molar-refractivity contribution in [1.82, 2.24) is 0 Å². The summed E-state index contributed by atoms with van der Waals surface area (Å²) in [6, 6.07) is 15.2. The second kappa shape index (κ2) is 10.8. The lowest BCUT2D eigenvalue weighted by atomic mass is 9.80. The summed E-state index contributed by atoms with van der Waals surface area (Å²) in [5.41, 5.74) is 0.408. The van der Waals surface area contributed by atoms with E-state index in [1.54, 1.807) is 0 Å². The van der Waals surface area contributed by atoms with E-state index in [9.17, 15) is 15.0 Å². The van der Waals surface area contributed by atoms with Crippen LogP contribution in [0.1, 0.15) is 48.9 Å². The van der Waals surface area contributed by atoms with E-state index >= 15 is 0 Å². The van der Waals surface area contributed by atoms with Crippen molar-refractivity contribution < 1.29 is 25.2 Å². The predicted octanol–water partition coefficient (Wildman–Crippen LogP) is 2.39. The van der Waals surface area contributed by atoms with Crippen molar-refractivity contribution in [2.45, 2.75) is 63.6 Å². The molecule has 4 N–H and O–H groups in total. The topological polar surface area (TPSA) is 98.0 Å². The Kier molecular flexibility index (Phi) is 8.74. The highest BCUT2D eigenvalue weighted by Crippen LogP contribution is 2.25. The van der Waals surface area contributed by atoms with Crippen LogP contribution in [-0.4, -0.2) is 50.6 Å². The quantitative estimate of drug-likeness (QED) is 0.428. The normalized spacial score (nSPS) is 15.4. The average molecular weight is 415 g/mol. The lowest BCUT2D eigenvalue weighted by Gasteiger charge is -2.31. The Hall–Kier alpha value is -2.05. The monoisotopic (exact) mass is 414 g/mol. The molecule has 0 fully saturated rings. The van der Waals surface area contributed by atoms with Crippen LogP contribution >= 0.6 is 0 Å². The maximum atomic E-state index is 13.0. The number of hydrogen-bond acceptors (Lipinski definition) is 5. The van der Waals surface area contributed by atoms with E-state index in [4.69, 9.17) is 10.2 Å². The van der Waals surface area contributed by atoms with Gasteiger partial charge >= 0.3 is 0 Å². The zero-order valence-electron chi connectivity index (χ0n) is 18.0. The number of aliphatic hydroxyl groups is 4. The highest BCUT2D eigenvalue weighted by atomic mass is 16.3. The SMILES string of the molecule is CC(O)(Cc1ccc(CCCO)cc1)C(=O)C(C)(O)Cc1ccc(CCCO)cc1. The molecule has 0 saturated heterocycles. The molecule has 5 nitrogen and oxygen atoms in total. The van der Waals surface area contributed by atoms with Crippen LogP contribution in [0, 0.1) is 0 Å². The van der Waals surface area contributed by atoms with Gasteiger partial charge in [0.2, 0.25) is 0 Å². The summed E-state index contributed by atoms with van der Waals surface area (Å²) in [5, 5.41) is 39.5. The third kappa shape index (κ3) is 7.03. The highest BCUT2D eigenvalue weighted by Gasteiger charge is 2.42. The molecule has 30 heavy (non-hydrogen) atoms. The van der Waals surface area contributed by atoms with Crippen LogP contribution in [0.25, 0.3) is 0 Å². The minimum absolute atomic E-state index is 0.113. The molecule has 5 heteroatoms. The van der Waals surface area contributed by atoms with Gasteiger partial charge in [-0.25, -0.2) is 0 Å². The first-order valence-corrected chi connectivity index (χ1v) is 10.5. The minimum Gasteiger partial charge on any atom is -0.396 e. The first-order chi connectivity index (χ1) is 14.2. The van der Waals surface area contributed by atoms with E-state index in [0.717, 1.165) is 35.1 Å². The van der Waals surface area contributed by atoms with Gasteiger partial charge in [-0.3, -0.25) is 4.79 Å². The zero-order chi connectivity index (χ0) is 22.2. The van der Waals surface area contributed by atoms with Gasteiger partial charge in [-0.15, -0.1) is 0 Å². The van der Waals surface area contributed by atoms with E-state index in [1.165, 1.54) is 13.8 Å². The van der Waals surface area contributed by atoms with Crippen molar-refractivity contribution in [1.29, 1.82) is 0 Å². The standard InChI is InChI=1S/C25H34O5/c1-24(29,17-21-11-7-19(8-12-21)5-3-15-26)23(28)25(2,30)18-22-13-9-20(10-14-22)6-4-16-27/h7-14,26-27,29-30H,3-6,15-18H2,1-2H3. The number of carbonyl (C=O) groups is 1. The number of ketones is 1. The summed E-state index contributed by atoms with van der Waals surface area (Å²) in [4.78, 5) is 13.0. The van der Waals surface area contributed by atoms with E-state index < -0.39 is 17.0 Å². The first kappa shape index (κ1) is 24.2. The van der Waals surface area contributed by atoms with Crippen molar-refractivity contribution in [3.8, 4) is 0 Å². The first-order valence-electron chi connectivity index (χ1n) is 10.5. The van der Waals surface area contributed by atoms with Gasteiger partial charge in [-0.05, 0) is 61.8 Å². The highest BCUT2D eigenvalue weighted by molar-refractivity contribution is 5.94. The van der Waals surface area contributed by atoms with Crippen LogP contribution in [0.2, 0.25) is 0 Å². The van der Waals surface area contributed by atoms with Crippen LogP contribution in [0.3, 0.4) is 0 Å². The third-order valence-electron chi connectivity index (χ3n) is 5.37. The summed E-state index contributed by atoms with van der Waals surface area (Å²) in [6.45, 7) is 3.18. The van der Waals surface area contributed by atoms with Gasteiger partial charge in [0.1, 0.15) is 11.2 Å². The molecule has 0 aliphatic heterocycles. The number of rotatable bonds is 12. The molecule has 0 aliphatic rings. The fourth-order valence-electron chi connectivity index (χ4n) is 3.75. The Morgan fingerprint density at radius 3 is 1.27 bits per heavy atom. The molecule has 2 unspecified atom stereocenters. The fraction of sp³-hybridized carbons (Fsp3) is 0.480. The van der Waals surface area contributed by atoms with Crippen LogP contribution in [0.4, 0.5) is 0 Å². The molecule has 0 radical (unpaired) electrons. The largest absolute Gasteiger partial charge is 0.396 e. The van der Waals surface area contributed by atoms with Gasteiger partial charge in [-0.2, -0.15) is 0 Å². The van der Waals surface area contributed by atoms with Crippen LogP contribution in [-0.2, 0) is 30.5 Å². The van der Waals surface area contributed by atoms with Crippen molar-refractivity contribution in [3.05, 3.63) is 70.8 Å². The minimum atomic E-state index is -1.70. The third-order valence-corrected chi connectivity index (χ3v) is 5.37. The second-order valence-corrected chi connectivity index (χ2v) is 8.52. The molecule has 2 aromatic rings. The average Bonchev–Trinajstić information content (AvgIpc) is 2.71. The van der Waals surface area contributed by atoms with E-state index in [2.05, 4.69) is 0 Å². The predicted molar refractivity (Wildman–Crippen MR) is 117 cm³/mol. The molecule has 2 rings (SSSR count). The Bertz CT molecular complexity index is 724. The Morgan fingerprint density at radius 1 is 0.667 bits per heavy atom. The maximum absolute atomic E-state index is 13.0. The van der Waals surface area contributed by atoms with Gasteiger partial charge < -0.3 is 20.4 Å². The molecule has 164 valence electrons. The molecule has 0 spiro atoms. The maximum Gasteiger partial charge on any atom is 0.195 e. The van der Waals surface area contributed by atoms with Crippen molar-refractivity contribution in [2.24, 2.45) is 0 Å². The number of aryl methyl sites for hydroxylation is 2. The van der Waals surface area contributed by atoms with Gasteiger partial charge in [0, 0.05) is 26.1 Å². The molecule has 0 aromatic heterocycles. The molecule has 0 heterocycles. The van der Waals surface area contributed by atoms with Crippen LogP contribution in [0.15, 0.2) is 48.5 Å². The van der Waals surface area contributed by atoms with Gasteiger partial charge in [0.25, 0.3) is 0 Å². The molecule has 0 bridgehead atoms. The van der Waals surface area contributed by atoms with Crippen molar-refractivity contribution >= 4 is 5.78 Å². The second-order valence-electron chi connectivity index (χ2n) is 8.52. The molecular weight excluding hydrogens is 380 g/mol. The fourth-order valence-corrected chi connectivity index (χ4v) is 3.75. The summed E-state index contributed by atoms with van der Waals surface area (Å²) >= 11 is 0. The Morgan fingerprint density at radius 2 is 0.967 bits per heavy atom. The molecule has 0 aliphatic carbocycles. The molecule has 2 atom stereocenters. The number of Topliss-reactive ketones (excluding diaryl/α,β-unsaturated/α-hetero) is 1. The number of aliphatic hydroxyl groups excluding tert-OH is 2. The summed E-state index contributed by atoms with van der Waals surface area (Å²) in [6.07, 6.45) is 3.17. The lowest BCUT2D eigenvalue weighted by Crippen LogP contribution is -2.52. The van der Waals surface area contributed by atoms with E-state index in [0.29, 0.717) is 12.8 Å². The van der Waals surface area contributed by atoms with Crippen LogP contribution < -0.4 is 0 Å². The van der Waals surface area contributed by atoms with E-state index in [1.807, 2.05) is 48.5 Å². The lowest BCUT2D eigenvalue weighted by molar-refractivity contribution is -0.153. The molecule has 0 saturated carbocycles. The number of hydrogen-bond donors (Lipinski definition) is 4. The van der Waals surface area contributed by atoms with Crippen molar-refractivity contribution in [3.63, 3.8) is 0 Å². The molecular formula is C25H34O5. The van der Waals surface area contributed by atoms with Gasteiger partial charge in [-0.1, -0.05) is 48.5 Å². The summed E-state index contributed by atoms with van der Waals surface area (Å²) < 4.78 is 0. The Balaban J connectivity index is 2.02. The summed E-state index contributed by atoms with van der Waals surface area (Å²) in [5.74, 6) is -0.608. The molecule has 0 amide bonds.